The van der Waals surface area contributed by atoms with E-state index >= 15 is 0 Å². The molecule has 0 unspecified atom stereocenters. The highest BCUT2D eigenvalue weighted by Gasteiger charge is 2.25. The normalized spacial score (nSPS) is 10.2. The Morgan fingerprint density at radius 1 is 0.781 bits per heavy atom. The first-order valence-corrected chi connectivity index (χ1v) is 9.25. The third kappa shape index (κ3) is 6.46. The molecule has 0 spiro atoms. The fourth-order valence-electron chi connectivity index (χ4n) is 2.57. The van der Waals surface area contributed by atoms with Crippen LogP contribution in [0.15, 0.2) is 36.4 Å². The second-order valence-corrected chi connectivity index (χ2v) is 6.31. The first kappa shape index (κ1) is 24.2. The quantitative estimate of drug-likeness (QED) is 0.339. The van der Waals surface area contributed by atoms with Crippen molar-refractivity contribution in [2.75, 3.05) is 14.2 Å². The van der Waals surface area contributed by atoms with Crippen LogP contribution >= 0.6 is 0 Å². The van der Waals surface area contributed by atoms with E-state index in [0.717, 1.165) is 13.8 Å². The summed E-state index contributed by atoms with van der Waals surface area (Å²) in [5.74, 6) is -2.26. The fraction of sp³-hybridized carbons (Fsp3) is 0.273. The molecule has 0 heterocycles. The van der Waals surface area contributed by atoms with Gasteiger partial charge in [0.05, 0.1) is 19.8 Å². The fourth-order valence-corrected chi connectivity index (χ4v) is 2.57. The van der Waals surface area contributed by atoms with Crippen LogP contribution in [0, 0.1) is 0 Å². The molecule has 0 atom stereocenters. The number of hydrogen-bond donors (Lipinski definition) is 0. The number of carbonyl (C=O) groups is 4. The second kappa shape index (κ2) is 10.8. The van der Waals surface area contributed by atoms with Crippen LogP contribution in [0.4, 0.5) is 0 Å². The first-order chi connectivity index (χ1) is 15.1. The van der Waals surface area contributed by atoms with Crippen molar-refractivity contribution in [3.05, 3.63) is 47.5 Å². The van der Waals surface area contributed by atoms with Crippen LogP contribution in [-0.4, -0.2) is 38.1 Å². The molecule has 0 aliphatic heterocycles. The van der Waals surface area contributed by atoms with Gasteiger partial charge in [-0.3, -0.25) is 14.4 Å². The molecule has 0 bridgehead atoms. The van der Waals surface area contributed by atoms with E-state index in [1.54, 1.807) is 0 Å². The van der Waals surface area contributed by atoms with Crippen molar-refractivity contribution in [2.24, 2.45) is 0 Å². The second-order valence-electron chi connectivity index (χ2n) is 6.31. The third-order valence-electron chi connectivity index (χ3n) is 3.83. The van der Waals surface area contributed by atoms with Gasteiger partial charge in [-0.25, -0.2) is 4.79 Å². The summed E-state index contributed by atoms with van der Waals surface area (Å²) in [6.45, 7) is 3.51. The monoisotopic (exact) mass is 446 g/mol. The lowest BCUT2D eigenvalue weighted by Gasteiger charge is -2.20. The molecule has 10 nitrogen and oxygen atoms in total. The minimum atomic E-state index is -1.39. The van der Waals surface area contributed by atoms with Crippen LogP contribution in [0.25, 0.3) is 0 Å². The average molecular weight is 446 g/mol. The molecule has 10 heteroatoms. The van der Waals surface area contributed by atoms with E-state index in [2.05, 4.69) is 4.74 Å². The number of hydrogen-bond acceptors (Lipinski definition) is 10. The Hall–Kier alpha value is -4.08. The van der Waals surface area contributed by atoms with Crippen LogP contribution in [0.2, 0.25) is 0 Å². The summed E-state index contributed by atoms with van der Waals surface area (Å²) < 4.78 is 31.2. The first-order valence-electron chi connectivity index (χ1n) is 9.25. The van der Waals surface area contributed by atoms with Crippen LogP contribution in [0.5, 0.6) is 23.0 Å². The molecular weight excluding hydrogens is 424 g/mol. The molecule has 2 aromatic carbocycles. The van der Waals surface area contributed by atoms with Crippen molar-refractivity contribution in [3.63, 3.8) is 0 Å². The van der Waals surface area contributed by atoms with Gasteiger partial charge >= 0.3 is 23.9 Å². The van der Waals surface area contributed by atoms with Gasteiger partial charge in [-0.05, 0) is 36.4 Å². The Morgan fingerprint density at radius 2 is 1.34 bits per heavy atom. The zero-order valence-electron chi connectivity index (χ0n) is 18.1. The molecule has 0 aromatic heterocycles. The molecule has 32 heavy (non-hydrogen) atoms. The van der Waals surface area contributed by atoms with Crippen molar-refractivity contribution in [1.82, 2.24) is 0 Å². The van der Waals surface area contributed by atoms with Crippen LogP contribution < -0.4 is 14.2 Å². The van der Waals surface area contributed by atoms with Gasteiger partial charge in [0.1, 0.15) is 5.75 Å². The van der Waals surface area contributed by atoms with E-state index in [4.69, 9.17) is 23.7 Å². The third-order valence-corrected chi connectivity index (χ3v) is 3.83. The summed E-state index contributed by atoms with van der Waals surface area (Å²) in [6, 6.07) is 8.70. The predicted molar refractivity (Wildman–Crippen MR) is 108 cm³/mol. The zero-order chi connectivity index (χ0) is 23.8. The minimum Gasteiger partial charge on any atom is -0.493 e. The summed E-state index contributed by atoms with van der Waals surface area (Å²) in [5.41, 5.74) is 0.487. The number of benzene rings is 2. The lowest BCUT2D eigenvalue weighted by molar-refractivity contribution is -0.186. The standard InChI is InChI=1S/C22H22O10/c1-12(23)29-20-18(27-4)10-16(22(30-13(2)24)31-14(3)25)11-19(20)32-17-8-6-15(7-9-17)21(26)28-5/h6-11,22H,1-5H3. The van der Waals surface area contributed by atoms with E-state index in [0.29, 0.717) is 5.56 Å². The van der Waals surface area contributed by atoms with Crippen LogP contribution in [0.3, 0.4) is 0 Å². The molecule has 2 aromatic rings. The zero-order valence-corrected chi connectivity index (χ0v) is 18.1. The summed E-state index contributed by atoms with van der Waals surface area (Å²) in [4.78, 5) is 46.2. The highest BCUT2D eigenvalue weighted by Crippen LogP contribution is 2.43. The van der Waals surface area contributed by atoms with Crippen LogP contribution in [-0.2, 0) is 28.6 Å². The number of ether oxygens (including phenoxy) is 6. The Balaban J connectivity index is 2.54. The molecule has 170 valence electrons. The summed E-state index contributed by atoms with van der Waals surface area (Å²) in [6.07, 6.45) is -1.39. The van der Waals surface area contributed by atoms with Crippen molar-refractivity contribution in [3.8, 4) is 23.0 Å². The van der Waals surface area contributed by atoms with Crippen molar-refractivity contribution in [2.45, 2.75) is 27.1 Å². The van der Waals surface area contributed by atoms with Gasteiger partial charge in [-0.1, -0.05) is 0 Å². The molecule has 0 saturated carbocycles. The van der Waals surface area contributed by atoms with Crippen molar-refractivity contribution in [1.29, 1.82) is 0 Å². The van der Waals surface area contributed by atoms with Gasteiger partial charge in [0.25, 0.3) is 6.29 Å². The van der Waals surface area contributed by atoms with E-state index in [1.165, 1.54) is 57.5 Å². The maximum atomic E-state index is 11.6. The van der Waals surface area contributed by atoms with Gasteiger partial charge < -0.3 is 28.4 Å². The van der Waals surface area contributed by atoms with E-state index < -0.39 is 30.2 Å². The van der Waals surface area contributed by atoms with Gasteiger partial charge in [0, 0.05) is 26.3 Å². The topological polar surface area (TPSA) is 124 Å². The highest BCUT2D eigenvalue weighted by molar-refractivity contribution is 5.89. The Morgan fingerprint density at radius 3 is 1.81 bits per heavy atom. The molecule has 0 fully saturated rings. The van der Waals surface area contributed by atoms with Crippen molar-refractivity contribution >= 4 is 23.9 Å². The SMILES string of the molecule is COC(=O)c1ccc(Oc2cc(C(OC(C)=O)OC(C)=O)cc(OC)c2OC(C)=O)cc1. The molecule has 2 rings (SSSR count). The molecular formula is C22H22O10. The Bertz CT molecular complexity index is 994. The molecule has 0 aliphatic rings. The maximum absolute atomic E-state index is 11.6. The average Bonchev–Trinajstić information content (AvgIpc) is 2.73. The van der Waals surface area contributed by atoms with Gasteiger partial charge in [-0.15, -0.1) is 0 Å². The van der Waals surface area contributed by atoms with E-state index in [9.17, 15) is 19.2 Å². The smallest absolute Gasteiger partial charge is 0.337 e. The largest absolute Gasteiger partial charge is 0.493 e. The number of rotatable bonds is 8. The molecule has 0 N–H and O–H groups in total. The summed E-state index contributed by atoms with van der Waals surface area (Å²) in [7, 11) is 2.59. The Labute approximate surface area is 183 Å². The summed E-state index contributed by atoms with van der Waals surface area (Å²) in [5, 5.41) is 0. The lowest BCUT2D eigenvalue weighted by Crippen LogP contribution is -2.15. The predicted octanol–water partition coefficient (Wildman–Crippen LogP) is 3.32. The van der Waals surface area contributed by atoms with Crippen molar-refractivity contribution < 1.29 is 47.6 Å². The maximum Gasteiger partial charge on any atom is 0.337 e. The molecule has 0 radical (unpaired) electrons. The highest BCUT2D eigenvalue weighted by atomic mass is 16.7. The lowest BCUT2D eigenvalue weighted by atomic mass is 10.1. The number of carbonyl (C=O) groups excluding carboxylic acids is 4. The number of esters is 4. The molecule has 0 aliphatic carbocycles. The van der Waals surface area contributed by atoms with Gasteiger partial charge in [0.15, 0.2) is 11.5 Å². The molecule has 0 amide bonds. The minimum absolute atomic E-state index is 0.00433. The molecule has 0 saturated heterocycles. The van der Waals surface area contributed by atoms with Crippen LogP contribution in [0.1, 0.15) is 43.0 Å². The van der Waals surface area contributed by atoms with E-state index in [-0.39, 0.29) is 28.6 Å². The summed E-state index contributed by atoms with van der Waals surface area (Å²) >= 11 is 0. The van der Waals surface area contributed by atoms with Gasteiger partial charge in [0.2, 0.25) is 5.75 Å². The van der Waals surface area contributed by atoms with E-state index in [1.807, 2.05) is 0 Å². The Kier molecular flexibility index (Phi) is 8.17. The number of methoxy groups -OCH3 is 2. The van der Waals surface area contributed by atoms with Gasteiger partial charge in [-0.2, -0.15) is 0 Å².